The first-order valence-electron chi connectivity index (χ1n) is 8.44. The van der Waals surface area contributed by atoms with Crippen LogP contribution in [0.3, 0.4) is 0 Å². The van der Waals surface area contributed by atoms with E-state index in [1.54, 1.807) is 0 Å². The molecule has 4 heteroatoms. The van der Waals surface area contributed by atoms with E-state index in [1.165, 1.54) is 21.9 Å². The Morgan fingerprint density at radius 1 is 0.542 bits per heavy atom. The van der Waals surface area contributed by atoms with E-state index in [1.807, 2.05) is 24.3 Å². The second-order valence-corrected chi connectivity index (χ2v) is 6.65. The molecule has 0 fully saturated rings. The number of ether oxygens (including phenoxy) is 2. The Labute approximate surface area is 142 Å². The molecule has 0 aliphatic carbocycles. The topological polar surface area (TPSA) is 18.5 Å². The van der Waals surface area contributed by atoms with Gasteiger partial charge < -0.3 is 9.47 Å². The second kappa shape index (κ2) is 4.94. The lowest BCUT2D eigenvalue weighted by molar-refractivity contribution is 0.465. The van der Waals surface area contributed by atoms with Crippen LogP contribution >= 0.6 is 0 Å². The van der Waals surface area contributed by atoms with Crippen molar-refractivity contribution in [2.75, 3.05) is 0 Å². The van der Waals surface area contributed by atoms with Crippen molar-refractivity contribution in [2.24, 2.45) is 0 Å². The monoisotopic (exact) mass is 310 g/mol. The van der Waals surface area contributed by atoms with Crippen molar-refractivity contribution in [3.8, 4) is 23.0 Å². The summed E-state index contributed by atoms with van der Waals surface area (Å²) in [6.45, 7) is 5.13. The first-order valence-corrected chi connectivity index (χ1v) is 8.44. The fourth-order valence-corrected chi connectivity index (χ4v) is 3.88. The minimum atomic E-state index is 0.319. The number of hydrogen-bond acceptors (Lipinski definition) is 2. The SMILES string of the molecule is CB1c2ccccc2Oc2cc3c(cc21)B(C)c1ccccc1O3. The average Bonchev–Trinajstić information content (AvgIpc) is 2.61. The van der Waals surface area contributed by atoms with E-state index in [0.29, 0.717) is 13.4 Å². The summed E-state index contributed by atoms with van der Waals surface area (Å²) in [5.74, 6) is 3.71. The number of fused-ring (bicyclic) bond motifs is 4. The number of para-hydroxylation sites is 2. The summed E-state index contributed by atoms with van der Waals surface area (Å²) in [6, 6.07) is 20.9. The standard InChI is InChI=1S/C20H16B2O2/c1-21-13-7-3-5-9-17(13)23-19-12-20-16(11-15(19)21)22(2)14-8-4-6-10-18(14)24-20/h3-12H,1-2H3. The van der Waals surface area contributed by atoms with Crippen LogP contribution in [-0.4, -0.2) is 13.4 Å². The lowest BCUT2D eigenvalue weighted by Crippen LogP contribution is -2.49. The predicted molar refractivity (Wildman–Crippen MR) is 101 cm³/mol. The highest BCUT2D eigenvalue weighted by Crippen LogP contribution is 2.31. The lowest BCUT2D eigenvalue weighted by atomic mass is 9.37. The molecule has 3 aromatic carbocycles. The largest absolute Gasteiger partial charge is 0.458 e. The molecule has 24 heavy (non-hydrogen) atoms. The molecule has 0 radical (unpaired) electrons. The highest BCUT2D eigenvalue weighted by atomic mass is 16.5. The highest BCUT2D eigenvalue weighted by molar-refractivity contribution is 6.88. The smallest absolute Gasteiger partial charge is 0.216 e. The Morgan fingerprint density at radius 3 is 1.50 bits per heavy atom. The third-order valence-electron chi connectivity index (χ3n) is 5.29. The minimum absolute atomic E-state index is 0.319. The van der Waals surface area contributed by atoms with E-state index in [4.69, 9.17) is 9.47 Å². The van der Waals surface area contributed by atoms with Crippen LogP contribution in [0.2, 0.25) is 13.6 Å². The highest BCUT2D eigenvalue weighted by Gasteiger charge is 2.32. The van der Waals surface area contributed by atoms with Gasteiger partial charge in [0, 0.05) is 6.07 Å². The molecule has 0 bridgehead atoms. The molecule has 2 nitrogen and oxygen atoms in total. The van der Waals surface area contributed by atoms with Gasteiger partial charge in [0.1, 0.15) is 23.0 Å². The fraction of sp³-hybridized carbons (Fsp3) is 0.100. The molecule has 0 N–H and O–H groups in total. The summed E-state index contributed by atoms with van der Waals surface area (Å²) >= 11 is 0. The quantitative estimate of drug-likeness (QED) is 0.594. The second-order valence-electron chi connectivity index (χ2n) is 6.65. The van der Waals surface area contributed by atoms with Crippen molar-refractivity contribution < 1.29 is 9.47 Å². The van der Waals surface area contributed by atoms with E-state index in [2.05, 4.69) is 50.0 Å². The van der Waals surface area contributed by atoms with Gasteiger partial charge in [-0.3, -0.25) is 0 Å². The summed E-state index contributed by atoms with van der Waals surface area (Å²) in [5.41, 5.74) is 4.97. The Morgan fingerprint density at radius 2 is 1.00 bits per heavy atom. The molecule has 2 aliphatic heterocycles. The third-order valence-corrected chi connectivity index (χ3v) is 5.29. The first-order chi connectivity index (χ1) is 11.7. The Bertz CT molecular complexity index is 893. The maximum absolute atomic E-state index is 6.16. The maximum atomic E-state index is 6.16. The molecule has 0 atom stereocenters. The van der Waals surface area contributed by atoms with Gasteiger partial charge in [-0.2, -0.15) is 0 Å². The zero-order valence-corrected chi connectivity index (χ0v) is 13.7. The van der Waals surface area contributed by atoms with Gasteiger partial charge in [0.25, 0.3) is 0 Å². The predicted octanol–water partition coefficient (Wildman–Crippen LogP) is 2.38. The summed E-state index contributed by atoms with van der Waals surface area (Å²) in [4.78, 5) is 0. The molecule has 0 saturated carbocycles. The van der Waals surface area contributed by atoms with Crippen LogP contribution in [0.5, 0.6) is 23.0 Å². The van der Waals surface area contributed by atoms with Crippen molar-refractivity contribution in [3.05, 3.63) is 60.7 Å². The number of rotatable bonds is 0. The first kappa shape index (κ1) is 13.8. The molecule has 0 spiro atoms. The van der Waals surface area contributed by atoms with Gasteiger partial charge in [-0.15, -0.1) is 0 Å². The molecule has 2 heterocycles. The summed E-state index contributed by atoms with van der Waals surface area (Å²) in [6.07, 6.45) is 0. The molecule has 0 saturated heterocycles. The van der Waals surface area contributed by atoms with Crippen molar-refractivity contribution in [3.63, 3.8) is 0 Å². The molecular formula is C20H16B2O2. The van der Waals surface area contributed by atoms with Gasteiger partial charge in [-0.25, -0.2) is 0 Å². The Kier molecular flexibility index (Phi) is 2.84. The molecule has 2 aliphatic rings. The van der Waals surface area contributed by atoms with Crippen molar-refractivity contribution in [2.45, 2.75) is 13.6 Å². The van der Waals surface area contributed by atoms with E-state index >= 15 is 0 Å². The summed E-state index contributed by atoms with van der Waals surface area (Å²) < 4.78 is 12.3. The van der Waals surface area contributed by atoms with Gasteiger partial charge in [0.15, 0.2) is 0 Å². The van der Waals surface area contributed by atoms with Gasteiger partial charge in [0.2, 0.25) is 13.4 Å². The van der Waals surface area contributed by atoms with E-state index in [-0.39, 0.29) is 0 Å². The molecule has 0 unspecified atom stereocenters. The Balaban J connectivity index is 1.67. The summed E-state index contributed by atoms with van der Waals surface area (Å²) in [7, 11) is 0. The van der Waals surface area contributed by atoms with Crippen molar-refractivity contribution in [1.29, 1.82) is 0 Å². The van der Waals surface area contributed by atoms with Crippen LogP contribution < -0.4 is 31.3 Å². The van der Waals surface area contributed by atoms with Crippen molar-refractivity contribution >= 4 is 35.3 Å². The van der Waals surface area contributed by atoms with Crippen LogP contribution in [-0.2, 0) is 0 Å². The van der Waals surface area contributed by atoms with Gasteiger partial charge in [-0.05, 0) is 34.0 Å². The molecule has 114 valence electrons. The molecule has 0 amide bonds. The average molecular weight is 310 g/mol. The van der Waals surface area contributed by atoms with Crippen LogP contribution in [0.25, 0.3) is 0 Å². The third kappa shape index (κ3) is 1.86. The molecular weight excluding hydrogens is 294 g/mol. The van der Waals surface area contributed by atoms with Crippen LogP contribution in [0.4, 0.5) is 0 Å². The zero-order valence-electron chi connectivity index (χ0n) is 13.7. The van der Waals surface area contributed by atoms with Crippen LogP contribution in [0.15, 0.2) is 60.7 Å². The zero-order chi connectivity index (χ0) is 16.3. The molecule has 5 rings (SSSR count). The lowest BCUT2D eigenvalue weighted by Gasteiger charge is -2.29. The number of benzene rings is 3. The van der Waals surface area contributed by atoms with E-state index < -0.39 is 0 Å². The van der Waals surface area contributed by atoms with E-state index in [9.17, 15) is 0 Å². The van der Waals surface area contributed by atoms with E-state index in [0.717, 1.165) is 23.0 Å². The molecule has 3 aromatic rings. The molecule has 0 aromatic heterocycles. The van der Waals surface area contributed by atoms with Crippen LogP contribution in [0, 0.1) is 0 Å². The maximum Gasteiger partial charge on any atom is 0.216 e. The normalized spacial score (nSPS) is 13.9. The fourth-order valence-electron chi connectivity index (χ4n) is 3.88. The minimum Gasteiger partial charge on any atom is -0.458 e. The van der Waals surface area contributed by atoms with Gasteiger partial charge >= 0.3 is 0 Å². The van der Waals surface area contributed by atoms with Gasteiger partial charge in [-0.1, -0.05) is 56.1 Å². The van der Waals surface area contributed by atoms with Crippen molar-refractivity contribution in [1.82, 2.24) is 0 Å². The summed E-state index contributed by atoms with van der Waals surface area (Å²) in [5, 5.41) is 0. The van der Waals surface area contributed by atoms with Gasteiger partial charge in [0.05, 0.1) is 0 Å². The van der Waals surface area contributed by atoms with Crippen LogP contribution in [0.1, 0.15) is 0 Å². The Hall–Kier alpha value is -2.61. The number of hydrogen-bond donors (Lipinski definition) is 0.